The fourth-order valence-corrected chi connectivity index (χ4v) is 3.00. The normalized spacial score (nSPS) is 17.6. The van der Waals surface area contributed by atoms with Gasteiger partial charge in [-0.3, -0.25) is 25.0 Å². The summed E-state index contributed by atoms with van der Waals surface area (Å²) in [6, 6.07) is 1.30. The van der Waals surface area contributed by atoms with Crippen LogP contribution in [0.2, 0.25) is 5.15 Å². The molecular formula is C13H12BrClN4O5. The van der Waals surface area contributed by atoms with E-state index in [9.17, 15) is 25.0 Å². The fraction of sp³-hybridized carbons (Fsp3) is 0.385. The van der Waals surface area contributed by atoms with Crippen molar-refractivity contribution in [2.75, 3.05) is 0 Å². The van der Waals surface area contributed by atoms with E-state index in [1.807, 2.05) is 0 Å². The summed E-state index contributed by atoms with van der Waals surface area (Å²) in [6.45, 7) is 1.47. The maximum atomic E-state index is 11.7. The van der Waals surface area contributed by atoms with Crippen LogP contribution >= 0.6 is 27.5 Å². The lowest BCUT2D eigenvalue weighted by Crippen LogP contribution is -2.37. The molecule has 0 aromatic carbocycles. The van der Waals surface area contributed by atoms with Gasteiger partial charge in [-0.15, -0.1) is 0 Å². The van der Waals surface area contributed by atoms with Crippen LogP contribution in [0.15, 0.2) is 17.5 Å². The standard InChI is InChI=1S/C13H12BrClN4O5/c1-6-10(18(21)22)4-7(12(15)16-6)2-3-9-11(19(23)24)5-8(14)13(20)17-9/h4,8H,2-3,5H2,1H3,(H,17,20). The second-order valence-corrected chi connectivity index (χ2v) is 6.61. The molecule has 1 aliphatic heterocycles. The minimum atomic E-state index is -0.660. The van der Waals surface area contributed by atoms with Gasteiger partial charge in [0.05, 0.1) is 22.0 Å². The zero-order valence-corrected chi connectivity index (χ0v) is 14.8. The highest BCUT2D eigenvalue weighted by atomic mass is 79.9. The molecule has 2 heterocycles. The number of nitro groups is 2. The summed E-state index contributed by atoms with van der Waals surface area (Å²) in [5, 5.41) is 24.7. The number of carbonyl (C=O) groups is 1. The molecular weight excluding hydrogens is 408 g/mol. The van der Waals surface area contributed by atoms with E-state index in [1.165, 1.54) is 13.0 Å². The summed E-state index contributed by atoms with van der Waals surface area (Å²) >= 11 is 9.07. The summed E-state index contributed by atoms with van der Waals surface area (Å²) in [4.78, 5) is 36.0. The molecule has 1 aliphatic rings. The monoisotopic (exact) mass is 418 g/mol. The van der Waals surface area contributed by atoms with Gasteiger partial charge in [-0.25, -0.2) is 4.98 Å². The predicted octanol–water partition coefficient (Wildman–Crippen LogP) is 2.66. The highest BCUT2D eigenvalue weighted by molar-refractivity contribution is 9.10. The highest BCUT2D eigenvalue weighted by Gasteiger charge is 2.32. The first-order valence-corrected chi connectivity index (χ1v) is 8.11. The third-order valence-electron chi connectivity index (χ3n) is 3.55. The molecule has 0 fully saturated rings. The number of aromatic nitrogens is 1. The summed E-state index contributed by atoms with van der Waals surface area (Å²) < 4.78 is 0. The Morgan fingerprint density at radius 3 is 2.62 bits per heavy atom. The lowest BCUT2D eigenvalue weighted by atomic mass is 10.0. The number of nitrogens with zero attached hydrogens (tertiary/aromatic N) is 3. The zero-order valence-electron chi connectivity index (χ0n) is 12.4. The Hall–Kier alpha value is -2.07. The van der Waals surface area contributed by atoms with Crippen LogP contribution in [-0.2, 0) is 11.2 Å². The lowest BCUT2D eigenvalue weighted by Gasteiger charge is -2.19. The van der Waals surface area contributed by atoms with Gasteiger partial charge in [0.25, 0.3) is 11.4 Å². The third kappa shape index (κ3) is 3.88. The molecule has 0 saturated heterocycles. The van der Waals surface area contributed by atoms with Crippen LogP contribution in [0, 0.1) is 27.2 Å². The molecule has 0 saturated carbocycles. The summed E-state index contributed by atoms with van der Waals surface area (Å²) in [5.41, 5.74) is 0.486. The molecule has 1 amide bonds. The summed E-state index contributed by atoms with van der Waals surface area (Å²) in [6.07, 6.45) is 0.254. The van der Waals surface area contributed by atoms with E-state index >= 15 is 0 Å². The number of carbonyl (C=O) groups excluding carboxylic acids is 1. The van der Waals surface area contributed by atoms with Gasteiger partial charge in [0.15, 0.2) is 0 Å². The minimum absolute atomic E-state index is 0.0335. The van der Waals surface area contributed by atoms with Gasteiger partial charge in [0.2, 0.25) is 5.91 Å². The first-order chi connectivity index (χ1) is 11.2. The molecule has 0 bridgehead atoms. The lowest BCUT2D eigenvalue weighted by molar-refractivity contribution is -0.429. The Morgan fingerprint density at radius 1 is 1.38 bits per heavy atom. The van der Waals surface area contributed by atoms with Crippen LogP contribution in [0.5, 0.6) is 0 Å². The molecule has 1 atom stereocenters. The van der Waals surface area contributed by atoms with Gasteiger partial charge in [0, 0.05) is 6.07 Å². The van der Waals surface area contributed by atoms with Crippen LogP contribution in [0.3, 0.4) is 0 Å². The number of pyridine rings is 1. The first kappa shape index (κ1) is 18.3. The van der Waals surface area contributed by atoms with Crippen molar-refractivity contribution < 1.29 is 14.6 Å². The van der Waals surface area contributed by atoms with Gasteiger partial charge in [-0.2, -0.15) is 0 Å². The molecule has 0 radical (unpaired) electrons. The molecule has 0 aliphatic carbocycles. The third-order valence-corrected chi connectivity index (χ3v) is 4.62. The van der Waals surface area contributed by atoms with Crippen molar-refractivity contribution in [3.8, 4) is 0 Å². The van der Waals surface area contributed by atoms with E-state index in [0.29, 0.717) is 5.56 Å². The second-order valence-electron chi connectivity index (χ2n) is 5.14. The summed E-state index contributed by atoms with van der Waals surface area (Å²) in [5.74, 6) is -0.366. The number of hydrogen-bond donors (Lipinski definition) is 1. The number of amides is 1. The van der Waals surface area contributed by atoms with E-state index in [1.54, 1.807) is 0 Å². The maximum absolute atomic E-state index is 11.7. The molecule has 1 aromatic heterocycles. The van der Waals surface area contributed by atoms with Gasteiger partial charge < -0.3 is 5.32 Å². The molecule has 0 spiro atoms. The Labute approximate surface area is 149 Å². The van der Waals surface area contributed by atoms with Crippen molar-refractivity contribution >= 4 is 39.1 Å². The molecule has 128 valence electrons. The SMILES string of the molecule is Cc1nc(Cl)c(CCC2=C([N+](=O)[O-])CC(Br)C(=O)N2)cc1[N+](=O)[O-]. The van der Waals surface area contributed by atoms with Gasteiger partial charge in [0.1, 0.15) is 15.7 Å². The fourth-order valence-electron chi connectivity index (χ4n) is 2.30. The van der Waals surface area contributed by atoms with Crippen LogP contribution < -0.4 is 5.32 Å². The van der Waals surface area contributed by atoms with Crippen molar-refractivity contribution in [2.45, 2.75) is 31.0 Å². The number of rotatable bonds is 5. The smallest absolute Gasteiger partial charge is 0.290 e. The Bertz CT molecular complexity index is 767. The molecule has 1 aromatic rings. The van der Waals surface area contributed by atoms with Gasteiger partial charge >= 0.3 is 0 Å². The molecule has 9 nitrogen and oxygen atoms in total. The Balaban J connectivity index is 2.27. The van der Waals surface area contributed by atoms with E-state index in [-0.39, 0.29) is 53.1 Å². The molecule has 1 N–H and O–H groups in total. The predicted molar refractivity (Wildman–Crippen MR) is 88.5 cm³/mol. The molecule has 24 heavy (non-hydrogen) atoms. The van der Waals surface area contributed by atoms with E-state index < -0.39 is 14.7 Å². The molecule has 11 heteroatoms. The average Bonchev–Trinajstić information content (AvgIpc) is 2.48. The number of allylic oxidation sites excluding steroid dienone is 2. The number of hydrogen-bond acceptors (Lipinski definition) is 6. The Kier molecular flexibility index (Phi) is 5.50. The van der Waals surface area contributed by atoms with E-state index in [2.05, 4.69) is 26.2 Å². The minimum Gasteiger partial charge on any atom is -0.323 e. The molecule has 1 unspecified atom stereocenters. The van der Waals surface area contributed by atoms with Crippen molar-refractivity contribution in [3.05, 3.63) is 54.1 Å². The topological polar surface area (TPSA) is 128 Å². The van der Waals surface area contributed by atoms with Crippen molar-refractivity contribution in [3.63, 3.8) is 0 Å². The second kappa shape index (κ2) is 7.22. The first-order valence-electron chi connectivity index (χ1n) is 6.82. The number of halogens is 2. The number of alkyl halides is 1. The maximum Gasteiger partial charge on any atom is 0.290 e. The Morgan fingerprint density at radius 2 is 2.04 bits per heavy atom. The van der Waals surface area contributed by atoms with Gasteiger partial charge in [-0.05, 0) is 25.3 Å². The zero-order chi connectivity index (χ0) is 18.0. The van der Waals surface area contributed by atoms with Crippen LogP contribution in [-0.4, -0.2) is 25.6 Å². The van der Waals surface area contributed by atoms with Crippen molar-refractivity contribution in [2.24, 2.45) is 0 Å². The summed E-state index contributed by atoms with van der Waals surface area (Å²) in [7, 11) is 0. The van der Waals surface area contributed by atoms with E-state index in [0.717, 1.165) is 0 Å². The molecule has 2 rings (SSSR count). The quantitative estimate of drug-likeness (QED) is 0.338. The van der Waals surface area contributed by atoms with Crippen molar-refractivity contribution in [1.29, 1.82) is 0 Å². The number of nitrogens with one attached hydrogen (secondary N) is 1. The van der Waals surface area contributed by atoms with Crippen LogP contribution in [0.1, 0.15) is 24.1 Å². The van der Waals surface area contributed by atoms with Crippen LogP contribution in [0.4, 0.5) is 5.69 Å². The largest absolute Gasteiger partial charge is 0.323 e. The highest BCUT2D eigenvalue weighted by Crippen LogP contribution is 2.27. The van der Waals surface area contributed by atoms with Crippen molar-refractivity contribution in [1.82, 2.24) is 10.3 Å². The van der Waals surface area contributed by atoms with Crippen LogP contribution in [0.25, 0.3) is 0 Å². The van der Waals surface area contributed by atoms with E-state index in [4.69, 9.17) is 11.6 Å². The van der Waals surface area contributed by atoms with Gasteiger partial charge in [-0.1, -0.05) is 27.5 Å². The average molecular weight is 420 g/mol. The number of aryl methyl sites for hydroxylation is 2.